The van der Waals surface area contributed by atoms with Gasteiger partial charge in [0.2, 0.25) is 17.7 Å². The third-order valence-corrected chi connectivity index (χ3v) is 11.1. The van der Waals surface area contributed by atoms with E-state index in [9.17, 15) is 41.9 Å². The number of halogens is 3. The van der Waals surface area contributed by atoms with Gasteiger partial charge in [0.05, 0.1) is 54.6 Å². The number of alkyl halides is 3. The van der Waals surface area contributed by atoms with Crippen LogP contribution in [0.4, 0.5) is 30.4 Å². The summed E-state index contributed by atoms with van der Waals surface area (Å²) in [6.07, 6.45) is -0.648. The second-order valence-corrected chi connectivity index (χ2v) is 15.9. The van der Waals surface area contributed by atoms with E-state index in [4.69, 9.17) is 19.6 Å². The highest BCUT2D eigenvalue weighted by atomic mass is 19.4. The van der Waals surface area contributed by atoms with E-state index in [1.165, 1.54) is 29.2 Å². The van der Waals surface area contributed by atoms with E-state index < -0.39 is 54.2 Å². The number of carbonyl (C=O) groups excluding carboxylic acids is 6. The molecule has 2 saturated heterocycles. The number of nitrogens with two attached hydrogens (primary N) is 1. The van der Waals surface area contributed by atoms with Crippen LogP contribution >= 0.6 is 0 Å². The number of pyridine rings is 1. The van der Waals surface area contributed by atoms with Gasteiger partial charge < -0.3 is 40.9 Å². The fraction of sp³-hybridized carbons (Fsp3) is 0.341. The van der Waals surface area contributed by atoms with E-state index in [-0.39, 0.29) is 64.4 Å². The van der Waals surface area contributed by atoms with Crippen molar-refractivity contribution in [2.75, 3.05) is 75.0 Å². The number of carbonyl (C=O) groups is 6. The summed E-state index contributed by atoms with van der Waals surface area (Å²) in [5.41, 5.74) is 7.86. The van der Waals surface area contributed by atoms with Crippen molar-refractivity contribution in [2.45, 2.75) is 37.7 Å². The maximum Gasteiger partial charge on any atom is 0.405 e. The van der Waals surface area contributed by atoms with Crippen molar-refractivity contribution in [2.24, 2.45) is 5.73 Å². The van der Waals surface area contributed by atoms with Gasteiger partial charge in [-0.15, -0.1) is 0 Å². The lowest BCUT2D eigenvalue weighted by molar-refractivity contribution is -0.136. The number of anilines is 3. The van der Waals surface area contributed by atoms with E-state index >= 15 is 0 Å². The molecule has 0 radical (unpaired) electrons. The van der Waals surface area contributed by atoms with E-state index in [1.54, 1.807) is 30.3 Å². The predicted molar refractivity (Wildman–Crippen MR) is 235 cm³/mol. The molecule has 5 aromatic rings. The zero-order valence-electron chi connectivity index (χ0n) is 36.1. The first-order chi connectivity index (χ1) is 32.7. The van der Waals surface area contributed by atoms with Crippen LogP contribution in [0, 0.1) is 0 Å². The normalized spacial score (nSPS) is 17.5. The lowest BCUT2D eigenvalue weighted by Crippen LogP contribution is -2.54. The lowest BCUT2D eigenvalue weighted by Gasteiger charge is -2.33. The number of benzene rings is 2. The second-order valence-electron chi connectivity index (χ2n) is 15.9. The van der Waals surface area contributed by atoms with Crippen LogP contribution in [0.15, 0.2) is 77.7 Å². The topological polar surface area (TPSA) is 270 Å². The Morgan fingerprint density at radius 2 is 1.82 bits per heavy atom. The molecule has 0 saturated carbocycles. The average molecular weight is 943 g/mol. The van der Waals surface area contributed by atoms with Crippen LogP contribution in [-0.2, 0) is 25.6 Å². The molecular formula is C44H45F3N12O9. The zero-order chi connectivity index (χ0) is 48.0. The van der Waals surface area contributed by atoms with Crippen LogP contribution in [0.2, 0.25) is 0 Å². The van der Waals surface area contributed by atoms with Gasteiger partial charge in [-0.3, -0.25) is 43.9 Å². The first kappa shape index (κ1) is 47.0. The zero-order valence-corrected chi connectivity index (χ0v) is 36.1. The minimum atomic E-state index is -4.45. The molecule has 3 aliphatic rings. The fourth-order valence-corrected chi connectivity index (χ4v) is 7.79. The number of hydrogen-bond donors (Lipinski definition) is 6. The van der Waals surface area contributed by atoms with Crippen LogP contribution in [0.25, 0.3) is 17.1 Å². The van der Waals surface area contributed by atoms with Crippen LogP contribution in [0.3, 0.4) is 0 Å². The summed E-state index contributed by atoms with van der Waals surface area (Å²) in [5, 5.41) is 17.8. The summed E-state index contributed by atoms with van der Waals surface area (Å²) in [4.78, 5) is 87.1. The van der Waals surface area contributed by atoms with E-state index in [1.807, 2.05) is 12.1 Å². The van der Waals surface area contributed by atoms with Crippen molar-refractivity contribution in [3.05, 3.63) is 101 Å². The monoisotopic (exact) mass is 942 g/mol. The van der Waals surface area contributed by atoms with Gasteiger partial charge in [0.1, 0.15) is 24.7 Å². The number of ether oxygens (including phenoxy) is 2. The number of piperidine rings is 1. The highest BCUT2D eigenvalue weighted by molar-refractivity contribution is 6.25. The van der Waals surface area contributed by atoms with Crippen LogP contribution in [0.1, 0.15) is 60.1 Å². The molecule has 2 unspecified atom stereocenters. The van der Waals surface area contributed by atoms with Gasteiger partial charge in [-0.25, -0.2) is 14.6 Å². The Kier molecular flexibility index (Phi) is 14.2. The molecule has 2 atom stereocenters. The molecule has 3 aliphatic heterocycles. The summed E-state index contributed by atoms with van der Waals surface area (Å²) < 4.78 is 56.6. The fourth-order valence-electron chi connectivity index (χ4n) is 7.79. The summed E-state index contributed by atoms with van der Waals surface area (Å²) in [5.74, 6) is -4.02. The Labute approximate surface area is 384 Å². The first-order valence-electron chi connectivity index (χ1n) is 21.4. The molecule has 6 heterocycles. The van der Waals surface area contributed by atoms with Crippen molar-refractivity contribution in [1.82, 2.24) is 40.2 Å². The van der Waals surface area contributed by atoms with Crippen molar-refractivity contribution >= 4 is 52.6 Å². The van der Waals surface area contributed by atoms with Crippen LogP contribution in [-0.4, -0.2) is 142 Å². The highest BCUT2D eigenvalue weighted by Gasteiger charge is 2.45. The van der Waals surface area contributed by atoms with Crippen molar-refractivity contribution in [3.63, 3.8) is 0 Å². The largest absolute Gasteiger partial charge is 0.444 e. The average Bonchev–Trinajstić information content (AvgIpc) is 4.05. The van der Waals surface area contributed by atoms with Gasteiger partial charge in [-0.2, -0.15) is 18.3 Å². The summed E-state index contributed by atoms with van der Waals surface area (Å²) >= 11 is 0. The van der Waals surface area contributed by atoms with Gasteiger partial charge >= 0.3 is 6.18 Å². The molecular weight excluding hydrogens is 898 g/mol. The maximum absolute atomic E-state index is 13.3. The number of imide groups is 2. The van der Waals surface area contributed by atoms with Gasteiger partial charge in [0.15, 0.2) is 11.4 Å². The SMILES string of the molecule is NC(=O)c1nn(-c2ccc(CNCC3CN(CCOCCNc4cccc5c4C(=O)N(C4CCC(=O)NC4=O)C5=O)CCO3)cc2)cc1NC(=O)c1coc(-c2ccnc(NCC(F)(F)F)c2)n1. The Morgan fingerprint density at radius 3 is 2.60 bits per heavy atom. The quantitative estimate of drug-likeness (QED) is 0.0513. The number of oxazole rings is 1. The molecule has 6 amide bonds. The van der Waals surface area contributed by atoms with Crippen molar-refractivity contribution < 1.29 is 55.8 Å². The number of fused-ring (bicyclic) bond motifs is 1. The molecule has 2 fully saturated rings. The number of nitrogens with one attached hydrogen (secondary N) is 5. The van der Waals surface area contributed by atoms with E-state index in [0.29, 0.717) is 63.9 Å². The summed E-state index contributed by atoms with van der Waals surface area (Å²) in [6, 6.07) is 13.9. The number of primary amides is 1. The number of amides is 6. The molecule has 0 spiro atoms. The molecule has 24 heteroatoms. The minimum absolute atomic E-state index is 0.0115. The predicted octanol–water partition coefficient (Wildman–Crippen LogP) is 2.57. The number of nitrogens with zero attached hydrogens (tertiary/aromatic N) is 6. The molecule has 68 heavy (non-hydrogen) atoms. The van der Waals surface area contributed by atoms with Gasteiger partial charge in [-0.05, 0) is 48.4 Å². The van der Waals surface area contributed by atoms with Gasteiger partial charge in [0, 0.05) is 63.1 Å². The van der Waals surface area contributed by atoms with Crippen molar-refractivity contribution in [1.29, 1.82) is 0 Å². The highest BCUT2D eigenvalue weighted by Crippen LogP contribution is 2.32. The standard InChI is InChI=1S/C44H45F3N12O9/c45-44(46,47)24-52-34-18-26(10-11-51-34)41-54-32(23-68-41)39(62)53-31-22-58(56-37(31)38(48)61)27-6-4-25(5-7-27)19-49-20-28-21-57(14-17-67-28)13-16-66-15-12-50-30-3-1-2-29-36(30)43(65)59(42(29)64)33-8-9-35(60)55-40(33)63/h1-7,10-11,18,22-23,28,33,49-50H,8-9,12-17,19-21,24H2,(H2,48,61)(H,51,52)(H,53,62)(H,55,60,63). The lowest BCUT2D eigenvalue weighted by atomic mass is 10.0. The molecule has 8 rings (SSSR count). The van der Waals surface area contributed by atoms with E-state index in [0.717, 1.165) is 23.3 Å². The number of aromatic nitrogens is 4. The first-order valence-corrected chi connectivity index (χ1v) is 21.4. The second kappa shape index (κ2) is 20.5. The third-order valence-electron chi connectivity index (χ3n) is 11.1. The smallest absolute Gasteiger partial charge is 0.405 e. The Hall–Kier alpha value is -7.54. The Morgan fingerprint density at radius 1 is 1.00 bits per heavy atom. The number of morpholine rings is 1. The van der Waals surface area contributed by atoms with Gasteiger partial charge in [0.25, 0.3) is 23.6 Å². The Balaban J connectivity index is 0.757. The summed E-state index contributed by atoms with van der Waals surface area (Å²) in [7, 11) is 0. The maximum atomic E-state index is 13.3. The summed E-state index contributed by atoms with van der Waals surface area (Å²) in [6.45, 7) is 3.68. The number of rotatable bonds is 19. The molecule has 3 aromatic heterocycles. The number of hydrogen-bond acceptors (Lipinski definition) is 16. The molecule has 0 aliphatic carbocycles. The minimum Gasteiger partial charge on any atom is -0.444 e. The molecule has 0 bridgehead atoms. The van der Waals surface area contributed by atoms with Crippen LogP contribution < -0.4 is 32.3 Å². The van der Waals surface area contributed by atoms with Crippen molar-refractivity contribution in [3.8, 4) is 17.1 Å². The molecule has 7 N–H and O–H groups in total. The van der Waals surface area contributed by atoms with Gasteiger partial charge in [-0.1, -0.05) is 18.2 Å². The molecule has 21 nitrogen and oxygen atoms in total. The third kappa shape index (κ3) is 11.2. The Bertz CT molecular complexity index is 2710. The molecule has 356 valence electrons. The van der Waals surface area contributed by atoms with E-state index in [2.05, 4.69) is 46.6 Å². The van der Waals surface area contributed by atoms with Crippen LogP contribution in [0.5, 0.6) is 0 Å². The molecule has 2 aromatic carbocycles.